The largest absolute Gasteiger partial charge is 0.371 e. The number of morpholine rings is 1. The van der Waals surface area contributed by atoms with E-state index in [0.717, 1.165) is 26.1 Å². The third-order valence-corrected chi connectivity index (χ3v) is 2.65. The molecule has 2 heteroatoms. The van der Waals surface area contributed by atoms with Crippen molar-refractivity contribution in [1.82, 2.24) is 4.90 Å². The molecular formula is C12H17NO. The maximum Gasteiger partial charge on any atom is 0.0952 e. The third kappa shape index (κ3) is 2.34. The van der Waals surface area contributed by atoms with Gasteiger partial charge in [-0.2, -0.15) is 0 Å². The Morgan fingerprint density at radius 1 is 1.43 bits per heavy atom. The fraction of sp³-hybridized carbons (Fsp3) is 0.500. The molecule has 2 rings (SSSR count). The van der Waals surface area contributed by atoms with Crippen molar-refractivity contribution in [3.63, 3.8) is 0 Å². The zero-order chi connectivity index (χ0) is 9.80. The zero-order valence-electron chi connectivity index (χ0n) is 8.65. The van der Waals surface area contributed by atoms with Crippen LogP contribution < -0.4 is 0 Å². The molecule has 2 aliphatic rings. The molecule has 76 valence electrons. The molecule has 1 heterocycles. The lowest BCUT2D eigenvalue weighted by Crippen LogP contribution is -2.40. The Bertz CT molecular complexity index is 278. The van der Waals surface area contributed by atoms with Crippen LogP contribution in [-0.4, -0.2) is 37.7 Å². The number of allylic oxidation sites excluding steroid dienone is 4. The second kappa shape index (κ2) is 4.58. The summed E-state index contributed by atoms with van der Waals surface area (Å²) in [4.78, 5) is 2.32. The third-order valence-electron chi connectivity index (χ3n) is 2.65. The summed E-state index contributed by atoms with van der Waals surface area (Å²) in [6.07, 6.45) is 12.1. The molecule has 1 saturated heterocycles. The van der Waals surface area contributed by atoms with Gasteiger partial charge < -0.3 is 9.64 Å². The molecule has 0 spiro atoms. The van der Waals surface area contributed by atoms with E-state index < -0.39 is 0 Å². The van der Waals surface area contributed by atoms with Crippen LogP contribution in [0.15, 0.2) is 36.0 Å². The maximum atomic E-state index is 5.75. The van der Waals surface area contributed by atoms with E-state index in [9.17, 15) is 0 Å². The van der Waals surface area contributed by atoms with Crippen molar-refractivity contribution in [2.75, 3.05) is 26.7 Å². The first-order valence-corrected chi connectivity index (χ1v) is 5.19. The van der Waals surface area contributed by atoms with Crippen LogP contribution in [0.3, 0.4) is 0 Å². The summed E-state index contributed by atoms with van der Waals surface area (Å²) in [6.45, 7) is 2.89. The minimum atomic E-state index is 0.257. The van der Waals surface area contributed by atoms with E-state index >= 15 is 0 Å². The van der Waals surface area contributed by atoms with Crippen molar-refractivity contribution in [1.29, 1.82) is 0 Å². The maximum absolute atomic E-state index is 5.75. The number of nitrogens with zero attached hydrogens (tertiary/aromatic N) is 1. The Balaban J connectivity index is 2.05. The normalized spacial score (nSPS) is 28.6. The second-order valence-electron chi connectivity index (χ2n) is 3.85. The van der Waals surface area contributed by atoms with Gasteiger partial charge in [0.25, 0.3) is 0 Å². The van der Waals surface area contributed by atoms with E-state index in [1.165, 1.54) is 5.57 Å². The van der Waals surface area contributed by atoms with Crippen molar-refractivity contribution in [3.8, 4) is 0 Å². The predicted octanol–water partition coefficient (Wildman–Crippen LogP) is 1.76. The van der Waals surface area contributed by atoms with Crippen LogP contribution in [0.25, 0.3) is 0 Å². The molecule has 1 aliphatic heterocycles. The van der Waals surface area contributed by atoms with Crippen molar-refractivity contribution in [2.45, 2.75) is 12.5 Å². The highest BCUT2D eigenvalue weighted by Gasteiger charge is 2.19. The summed E-state index contributed by atoms with van der Waals surface area (Å²) in [7, 11) is 2.15. The first kappa shape index (κ1) is 9.69. The predicted molar refractivity (Wildman–Crippen MR) is 58.2 cm³/mol. The molecule has 1 unspecified atom stereocenters. The minimum Gasteiger partial charge on any atom is -0.371 e. The molecule has 0 N–H and O–H groups in total. The number of ether oxygens (including phenoxy) is 1. The standard InChI is InChI=1S/C12H17NO/c1-13-8-9-14-12(10-13)11-6-4-2-3-5-7-11/h2,4-7,12H,3,8-10H2,1H3. The lowest BCUT2D eigenvalue weighted by Gasteiger charge is -2.30. The lowest BCUT2D eigenvalue weighted by molar-refractivity contribution is 0.00260. The molecule has 0 amide bonds. The highest BCUT2D eigenvalue weighted by Crippen LogP contribution is 2.16. The van der Waals surface area contributed by atoms with Crippen LogP contribution in [0.5, 0.6) is 0 Å². The number of hydrogen-bond acceptors (Lipinski definition) is 2. The molecule has 1 atom stereocenters. The zero-order valence-corrected chi connectivity index (χ0v) is 8.65. The van der Waals surface area contributed by atoms with E-state index in [-0.39, 0.29) is 6.10 Å². The quantitative estimate of drug-likeness (QED) is 0.626. The van der Waals surface area contributed by atoms with Gasteiger partial charge in [-0.3, -0.25) is 0 Å². The van der Waals surface area contributed by atoms with Gasteiger partial charge >= 0.3 is 0 Å². The van der Waals surface area contributed by atoms with Crippen molar-refractivity contribution in [2.24, 2.45) is 0 Å². The Morgan fingerprint density at radius 3 is 3.21 bits per heavy atom. The smallest absolute Gasteiger partial charge is 0.0952 e. The summed E-state index contributed by atoms with van der Waals surface area (Å²) in [5, 5.41) is 0. The second-order valence-corrected chi connectivity index (χ2v) is 3.85. The average Bonchev–Trinajstić information content (AvgIpc) is 2.45. The summed E-state index contributed by atoms with van der Waals surface area (Å²) in [6, 6.07) is 0. The van der Waals surface area contributed by atoms with Crippen molar-refractivity contribution >= 4 is 0 Å². The molecule has 1 aliphatic carbocycles. The number of rotatable bonds is 1. The van der Waals surface area contributed by atoms with Crippen LogP contribution in [0.1, 0.15) is 6.42 Å². The lowest BCUT2D eigenvalue weighted by atomic mass is 10.1. The fourth-order valence-corrected chi connectivity index (χ4v) is 1.79. The first-order chi connectivity index (χ1) is 6.86. The van der Waals surface area contributed by atoms with Gasteiger partial charge in [-0.05, 0) is 19.0 Å². The van der Waals surface area contributed by atoms with Crippen molar-refractivity contribution < 1.29 is 4.74 Å². The fourth-order valence-electron chi connectivity index (χ4n) is 1.79. The molecule has 1 fully saturated rings. The minimum absolute atomic E-state index is 0.257. The Morgan fingerprint density at radius 2 is 2.36 bits per heavy atom. The van der Waals surface area contributed by atoms with Crippen LogP contribution in [0.4, 0.5) is 0 Å². The molecule has 0 radical (unpaired) electrons. The molecule has 0 saturated carbocycles. The summed E-state index contributed by atoms with van der Waals surface area (Å²) in [5.41, 5.74) is 1.30. The van der Waals surface area contributed by atoms with Gasteiger partial charge in [0.15, 0.2) is 0 Å². The van der Waals surface area contributed by atoms with Gasteiger partial charge in [0.05, 0.1) is 12.7 Å². The first-order valence-electron chi connectivity index (χ1n) is 5.19. The summed E-state index contributed by atoms with van der Waals surface area (Å²) < 4.78 is 5.75. The van der Waals surface area contributed by atoms with E-state index in [4.69, 9.17) is 4.74 Å². The molecule has 2 nitrogen and oxygen atoms in total. The van der Waals surface area contributed by atoms with Gasteiger partial charge in [-0.15, -0.1) is 0 Å². The van der Waals surface area contributed by atoms with E-state index in [1.807, 2.05) is 0 Å². The number of likely N-dealkylation sites (N-methyl/N-ethyl adjacent to an activating group) is 1. The average molecular weight is 191 g/mol. The van der Waals surface area contributed by atoms with Crippen LogP contribution in [-0.2, 0) is 4.74 Å². The molecule has 0 aromatic heterocycles. The van der Waals surface area contributed by atoms with Gasteiger partial charge in [-0.25, -0.2) is 0 Å². The van der Waals surface area contributed by atoms with Crippen LogP contribution >= 0.6 is 0 Å². The Hall–Kier alpha value is -0.860. The van der Waals surface area contributed by atoms with Gasteiger partial charge in [0.2, 0.25) is 0 Å². The van der Waals surface area contributed by atoms with Crippen LogP contribution in [0.2, 0.25) is 0 Å². The molecule has 0 aromatic carbocycles. The highest BCUT2D eigenvalue weighted by atomic mass is 16.5. The highest BCUT2D eigenvalue weighted by molar-refractivity contribution is 5.31. The van der Waals surface area contributed by atoms with Gasteiger partial charge in [0.1, 0.15) is 0 Å². The summed E-state index contributed by atoms with van der Waals surface area (Å²) >= 11 is 0. The van der Waals surface area contributed by atoms with E-state index in [1.54, 1.807) is 0 Å². The summed E-state index contributed by atoms with van der Waals surface area (Å²) in [5.74, 6) is 0. The van der Waals surface area contributed by atoms with Gasteiger partial charge in [-0.1, -0.05) is 30.4 Å². The van der Waals surface area contributed by atoms with E-state index in [0.29, 0.717) is 0 Å². The van der Waals surface area contributed by atoms with Gasteiger partial charge in [0, 0.05) is 13.1 Å². The molecule has 0 aromatic rings. The SMILES string of the molecule is CN1CCOC(C2=CC=CCC=C2)C1. The van der Waals surface area contributed by atoms with Crippen molar-refractivity contribution in [3.05, 3.63) is 36.0 Å². The molecule has 14 heavy (non-hydrogen) atoms. The Labute approximate surface area is 85.5 Å². The molecule has 0 bridgehead atoms. The molecular weight excluding hydrogens is 174 g/mol. The monoisotopic (exact) mass is 191 g/mol. The topological polar surface area (TPSA) is 12.5 Å². The van der Waals surface area contributed by atoms with E-state index in [2.05, 4.69) is 42.3 Å². The Kier molecular flexibility index (Phi) is 3.17. The number of hydrogen-bond donors (Lipinski definition) is 0. The van der Waals surface area contributed by atoms with Crippen LogP contribution in [0, 0.1) is 0 Å².